The van der Waals surface area contributed by atoms with Crippen LogP contribution in [0, 0.1) is 5.92 Å². The van der Waals surface area contributed by atoms with Gasteiger partial charge in [-0.3, -0.25) is 0 Å². The van der Waals surface area contributed by atoms with Gasteiger partial charge in [-0.2, -0.15) is 0 Å². The van der Waals surface area contributed by atoms with E-state index in [4.69, 9.17) is 0 Å². The Labute approximate surface area is 92.9 Å². The third-order valence-electron chi connectivity index (χ3n) is 2.08. The Morgan fingerprint density at radius 3 is 1.38 bits per heavy atom. The van der Waals surface area contributed by atoms with E-state index in [2.05, 4.69) is 47.6 Å². The summed E-state index contributed by atoms with van der Waals surface area (Å²) in [6.45, 7) is 4.73. The van der Waals surface area contributed by atoms with Gasteiger partial charge in [0.2, 0.25) is 0 Å². The molecule has 2 heteroatoms. The van der Waals surface area contributed by atoms with Crippen molar-refractivity contribution >= 4 is 36.8 Å². The molecule has 0 aromatic rings. The van der Waals surface area contributed by atoms with Gasteiger partial charge in [0.05, 0.1) is 0 Å². The van der Waals surface area contributed by atoms with Gasteiger partial charge in [0.15, 0.2) is 0 Å². The molecule has 0 saturated heterocycles. The first-order chi connectivity index (χ1) is 5.54. The molecular formula is C11H26Sn2. The molecule has 0 rings (SSSR count). The Morgan fingerprint density at radius 2 is 1.31 bits per heavy atom. The first kappa shape index (κ1) is 14.3. The van der Waals surface area contributed by atoms with E-state index >= 15 is 0 Å². The van der Waals surface area contributed by atoms with Gasteiger partial charge in [0.1, 0.15) is 0 Å². The van der Waals surface area contributed by atoms with Gasteiger partial charge >= 0.3 is 93.8 Å². The Balaban J connectivity index is 4.95. The molecule has 0 radical (unpaired) electrons. The van der Waals surface area contributed by atoms with Gasteiger partial charge in [-0.05, 0) is 0 Å². The van der Waals surface area contributed by atoms with E-state index < -0.39 is 36.8 Å². The van der Waals surface area contributed by atoms with Crippen molar-refractivity contribution in [1.82, 2.24) is 0 Å². The van der Waals surface area contributed by atoms with Gasteiger partial charge in [0, 0.05) is 0 Å². The third kappa shape index (κ3) is 6.42. The molecule has 0 nitrogen and oxygen atoms in total. The summed E-state index contributed by atoms with van der Waals surface area (Å²) in [6, 6.07) is 0. The van der Waals surface area contributed by atoms with Gasteiger partial charge in [-0.1, -0.05) is 0 Å². The molecule has 0 aliphatic rings. The zero-order chi connectivity index (χ0) is 10.9. The van der Waals surface area contributed by atoms with Crippen LogP contribution in [0.4, 0.5) is 0 Å². The summed E-state index contributed by atoms with van der Waals surface area (Å²) in [7, 11) is 0. The van der Waals surface area contributed by atoms with Crippen LogP contribution in [0.2, 0.25) is 29.6 Å². The molecule has 0 atom stereocenters. The van der Waals surface area contributed by atoms with Gasteiger partial charge in [-0.15, -0.1) is 0 Å². The first-order valence-electron chi connectivity index (χ1n) is 5.27. The summed E-state index contributed by atoms with van der Waals surface area (Å²) < 4.78 is 4.60. The Bertz CT molecular complexity index is 189. The van der Waals surface area contributed by atoms with E-state index in [1.54, 1.807) is 0 Å². The van der Waals surface area contributed by atoms with E-state index in [1.165, 1.54) is 0 Å². The first-order valence-corrected chi connectivity index (χ1v) is 25.5. The number of hydrogen-bond acceptors (Lipinski definition) is 0. The van der Waals surface area contributed by atoms with Crippen molar-refractivity contribution in [2.45, 2.75) is 43.5 Å². The van der Waals surface area contributed by atoms with Crippen molar-refractivity contribution < 1.29 is 0 Å². The van der Waals surface area contributed by atoms with Gasteiger partial charge in [-0.25, -0.2) is 0 Å². The van der Waals surface area contributed by atoms with Crippen LogP contribution in [0.15, 0.2) is 7.68 Å². The normalized spacial score (nSPS) is 15.3. The van der Waals surface area contributed by atoms with Crippen LogP contribution in [0.25, 0.3) is 0 Å². The van der Waals surface area contributed by atoms with Crippen molar-refractivity contribution in [2.75, 3.05) is 0 Å². The van der Waals surface area contributed by atoms with Gasteiger partial charge < -0.3 is 0 Å². The predicted molar refractivity (Wildman–Crippen MR) is 69.6 cm³/mol. The zero-order valence-corrected chi connectivity index (χ0v) is 16.4. The summed E-state index contributed by atoms with van der Waals surface area (Å²) in [5.41, 5.74) is 0. The topological polar surface area (TPSA) is 0 Å². The van der Waals surface area contributed by atoms with E-state index in [-0.39, 0.29) is 0 Å². The molecule has 0 heterocycles. The molecule has 0 spiro atoms. The number of allylic oxidation sites excluding steroid dienone is 1. The Hall–Kier alpha value is 1.34. The molecule has 0 fully saturated rings. The summed E-state index contributed by atoms with van der Waals surface area (Å²) in [4.78, 5) is 15.1. The molecule has 13 heavy (non-hydrogen) atoms. The molecule has 0 amide bonds. The minimum absolute atomic E-state index is 0.798. The second-order valence-electron chi connectivity index (χ2n) is 6.37. The standard InChI is InChI=1S/C5H8.6CH3.2Sn/c1-4-5(2)3;;;;;;;;/h1,5H,2-3H3;6*1H3;;. The molecule has 0 aliphatic carbocycles. The van der Waals surface area contributed by atoms with Crippen molar-refractivity contribution in [3.05, 3.63) is 7.68 Å². The fraction of sp³-hybridized carbons (Fsp3) is 0.818. The maximum absolute atomic E-state index is 2.73. The molecule has 78 valence electrons. The van der Waals surface area contributed by atoms with E-state index in [0.717, 1.165) is 5.92 Å². The zero-order valence-electron chi connectivity index (χ0n) is 10.7. The quantitative estimate of drug-likeness (QED) is 0.624. The molecule has 0 saturated carbocycles. The van der Waals surface area contributed by atoms with Crippen molar-refractivity contribution in [3.63, 3.8) is 0 Å². The van der Waals surface area contributed by atoms with Crippen molar-refractivity contribution in [1.29, 1.82) is 0 Å². The van der Waals surface area contributed by atoms with Crippen molar-refractivity contribution in [3.8, 4) is 0 Å². The molecule has 0 bridgehead atoms. The second-order valence-corrected chi connectivity index (χ2v) is 35.2. The predicted octanol–water partition coefficient (Wildman–Crippen LogP) is 4.32. The fourth-order valence-electron chi connectivity index (χ4n) is 1.72. The molecular weight excluding hydrogens is 370 g/mol. The molecule has 0 aromatic heterocycles. The van der Waals surface area contributed by atoms with Crippen LogP contribution < -0.4 is 0 Å². The van der Waals surface area contributed by atoms with Crippen LogP contribution >= 0.6 is 0 Å². The fourth-order valence-corrected chi connectivity index (χ4v) is 28.1. The number of hydrogen-bond donors (Lipinski definition) is 0. The summed E-state index contributed by atoms with van der Waals surface area (Å²) >= 11 is -3.46. The molecule has 0 aromatic carbocycles. The summed E-state index contributed by atoms with van der Waals surface area (Å²) in [5.74, 6) is 0.798. The van der Waals surface area contributed by atoms with Gasteiger partial charge in [0.25, 0.3) is 0 Å². The number of rotatable bonds is 3. The molecule has 0 N–H and O–H groups in total. The average Bonchev–Trinajstić information content (AvgIpc) is 1.77. The maximum atomic E-state index is 2.73. The van der Waals surface area contributed by atoms with E-state index in [0.29, 0.717) is 0 Å². The van der Waals surface area contributed by atoms with Crippen LogP contribution in [-0.4, -0.2) is 36.8 Å². The van der Waals surface area contributed by atoms with Crippen LogP contribution in [0.5, 0.6) is 0 Å². The monoisotopic (exact) mass is 398 g/mol. The third-order valence-corrected chi connectivity index (χ3v) is 14.8. The summed E-state index contributed by atoms with van der Waals surface area (Å²) in [6.07, 6.45) is 0. The van der Waals surface area contributed by atoms with Crippen LogP contribution in [-0.2, 0) is 0 Å². The SMILES string of the molecule is CC(C)/[C](=[CH]/[Sn]([CH3])([CH3])[CH3])[Sn]([CH3])([CH3])[CH3]. The minimum atomic E-state index is -1.77. The van der Waals surface area contributed by atoms with Crippen molar-refractivity contribution in [2.24, 2.45) is 5.92 Å². The Kier molecular flexibility index (Phi) is 5.41. The Morgan fingerprint density at radius 1 is 0.923 bits per heavy atom. The average molecular weight is 396 g/mol. The van der Waals surface area contributed by atoms with E-state index in [1.807, 2.05) is 3.59 Å². The molecule has 0 unspecified atom stereocenters. The van der Waals surface area contributed by atoms with Crippen LogP contribution in [0.1, 0.15) is 13.8 Å². The van der Waals surface area contributed by atoms with E-state index in [9.17, 15) is 0 Å². The van der Waals surface area contributed by atoms with Crippen LogP contribution in [0.3, 0.4) is 0 Å². The summed E-state index contributed by atoms with van der Waals surface area (Å²) in [5, 5.41) is 0. The second kappa shape index (κ2) is 4.91. The molecule has 0 aliphatic heterocycles.